The van der Waals surface area contributed by atoms with Crippen LogP contribution in [0.4, 0.5) is 0 Å². The Hall–Kier alpha value is -1.10. The van der Waals surface area contributed by atoms with Crippen molar-refractivity contribution in [1.29, 1.82) is 0 Å². The normalized spacial score (nSPS) is 13.3. The molecule has 0 aliphatic heterocycles. The first-order valence-corrected chi connectivity index (χ1v) is 4.29. The Balaban J connectivity index is 3.01. The summed E-state index contributed by atoms with van der Waals surface area (Å²) in [6.45, 7) is 3.72. The smallest absolute Gasteiger partial charge is 0.177 e. The van der Waals surface area contributed by atoms with E-state index in [4.69, 9.17) is 16.8 Å². The van der Waals surface area contributed by atoms with Crippen molar-refractivity contribution in [3.8, 4) is 0 Å². The van der Waals surface area contributed by atoms with Crippen LogP contribution in [-0.2, 0) is 0 Å². The molecular formula is C7H11ClN4O. The molecule has 0 unspecified atom stereocenters. The fourth-order valence-electron chi connectivity index (χ4n) is 0.869. The van der Waals surface area contributed by atoms with Crippen LogP contribution >= 0.6 is 11.6 Å². The minimum absolute atomic E-state index is 0.340. The first kappa shape index (κ1) is 9.98. The summed E-state index contributed by atoms with van der Waals surface area (Å²) in [6, 6.07) is 0. The van der Waals surface area contributed by atoms with E-state index in [0.29, 0.717) is 11.7 Å². The standard InChI is InChI=1S/C7H11ClN4O/c1-7(2,3-8)6(11-13)12-5-9-4-10-12/h4-5,13H,3H2,1-2H3. The minimum Gasteiger partial charge on any atom is -0.409 e. The van der Waals surface area contributed by atoms with E-state index in [-0.39, 0.29) is 0 Å². The largest absolute Gasteiger partial charge is 0.409 e. The molecule has 0 bridgehead atoms. The van der Waals surface area contributed by atoms with Crippen molar-refractivity contribution < 1.29 is 5.21 Å². The molecule has 5 nitrogen and oxygen atoms in total. The van der Waals surface area contributed by atoms with Gasteiger partial charge in [-0.25, -0.2) is 9.67 Å². The highest BCUT2D eigenvalue weighted by molar-refractivity contribution is 6.20. The van der Waals surface area contributed by atoms with Crippen molar-refractivity contribution in [3.63, 3.8) is 0 Å². The van der Waals surface area contributed by atoms with E-state index in [2.05, 4.69) is 15.2 Å². The SMILES string of the molecule is CC(C)(CCl)C(=NO)n1cncn1. The molecule has 1 rings (SSSR count). The quantitative estimate of drug-likeness (QED) is 0.258. The van der Waals surface area contributed by atoms with Crippen LogP contribution in [0.1, 0.15) is 13.8 Å². The Kier molecular flexibility index (Phi) is 2.87. The van der Waals surface area contributed by atoms with E-state index in [1.807, 2.05) is 13.8 Å². The van der Waals surface area contributed by atoms with E-state index in [9.17, 15) is 0 Å². The maximum atomic E-state index is 8.81. The predicted molar refractivity (Wildman–Crippen MR) is 49.1 cm³/mol. The van der Waals surface area contributed by atoms with Crippen molar-refractivity contribution in [2.45, 2.75) is 13.8 Å². The van der Waals surface area contributed by atoms with Crippen LogP contribution < -0.4 is 0 Å². The second kappa shape index (κ2) is 3.74. The van der Waals surface area contributed by atoms with Crippen LogP contribution in [0.15, 0.2) is 17.8 Å². The zero-order valence-electron chi connectivity index (χ0n) is 7.48. The van der Waals surface area contributed by atoms with Crippen LogP contribution in [0, 0.1) is 5.41 Å². The highest BCUT2D eigenvalue weighted by Crippen LogP contribution is 2.19. The average Bonchev–Trinajstić information content (AvgIpc) is 2.58. The Morgan fingerprint density at radius 2 is 2.38 bits per heavy atom. The molecule has 72 valence electrons. The molecule has 1 aromatic heterocycles. The van der Waals surface area contributed by atoms with Crippen molar-refractivity contribution in [2.24, 2.45) is 10.6 Å². The van der Waals surface area contributed by atoms with Crippen LogP contribution in [0.3, 0.4) is 0 Å². The van der Waals surface area contributed by atoms with Gasteiger partial charge >= 0.3 is 0 Å². The van der Waals surface area contributed by atoms with E-state index in [0.717, 1.165) is 0 Å². The van der Waals surface area contributed by atoms with Gasteiger partial charge in [0.25, 0.3) is 0 Å². The molecule has 0 aliphatic carbocycles. The van der Waals surface area contributed by atoms with Gasteiger partial charge in [-0.3, -0.25) is 0 Å². The molecule has 0 aromatic carbocycles. The number of nitrogens with zero attached hydrogens (tertiary/aromatic N) is 4. The molecule has 0 spiro atoms. The topological polar surface area (TPSA) is 63.3 Å². The molecule has 0 atom stereocenters. The maximum Gasteiger partial charge on any atom is 0.177 e. The van der Waals surface area contributed by atoms with Crippen LogP contribution in [0.25, 0.3) is 0 Å². The Morgan fingerprint density at radius 1 is 1.69 bits per heavy atom. The van der Waals surface area contributed by atoms with E-state index in [1.165, 1.54) is 17.3 Å². The third kappa shape index (κ3) is 1.98. The Labute approximate surface area is 81.0 Å². The van der Waals surface area contributed by atoms with Gasteiger partial charge in [0.2, 0.25) is 0 Å². The zero-order valence-corrected chi connectivity index (χ0v) is 8.23. The maximum absolute atomic E-state index is 8.81. The summed E-state index contributed by atoms with van der Waals surface area (Å²) in [6.07, 6.45) is 2.83. The Bertz CT molecular complexity index is 293. The first-order valence-electron chi connectivity index (χ1n) is 3.75. The molecule has 1 heterocycles. The highest BCUT2D eigenvalue weighted by Gasteiger charge is 2.27. The number of hydrogen-bond donors (Lipinski definition) is 1. The lowest BCUT2D eigenvalue weighted by Crippen LogP contribution is -2.32. The summed E-state index contributed by atoms with van der Waals surface area (Å²) in [7, 11) is 0. The summed E-state index contributed by atoms with van der Waals surface area (Å²) < 4.78 is 1.39. The third-order valence-corrected chi connectivity index (χ3v) is 2.34. The van der Waals surface area contributed by atoms with Crippen molar-refractivity contribution in [2.75, 3.05) is 5.88 Å². The molecular weight excluding hydrogens is 192 g/mol. The summed E-state index contributed by atoms with van der Waals surface area (Å²) >= 11 is 5.73. The van der Waals surface area contributed by atoms with E-state index >= 15 is 0 Å². The van der Waals surface area contributed by atoms with Gasteiger partial charge in [0.1, 0.15) is 12.7 Å². The second-order valence-electron chi connectivity index (χ2n) is 3.28. The molecule has 0 saturated carbocycles. The molecule has 0 fully saturated rings. The number of alkyl halides is 1. The molecule has 1 N–H and O–H groups in total. The molecule has 1 aromatic rings. The van der Waals surface area contributed by atoms with Gasteiger partial charge < -0.3 is 5.21 Å². The third-order valence-electron chi connectivity index (χ3n) is 1.67. The number of halogens is 1. The predicted octanol–water partition coefficient (Wildman–Crippen LogP) is 1.18. The zero-order chi connectivity index (χ0) is 9.90. The average molecular weight is 203 g/mol. The van der Waals surface area contributed by atoms with E-state index < -0.39 is 5.41 Å². The monoisotopic (exact) mass is 202 g/mol. The summed E-state index contributed by atoms with van der Waals surface area (Å²) in [5.74, 6) is 0.715. The van der Waals surface area contributed by atoms with Gasteiger partial charge in [-0.1, -0.05) is 19.0 Å². The van der Waals surface area contributed by atoms with Gasteiger partial charge in [0, 0.05) is 11.3 Å². The van der Waals surface area contributed by atoms with Crippen molar-refractivity contribution in [1.82, 2.24) is 14.8 Å². The second-order valence-corrected chi connectivity index (χ2v) is 3.55. The fourth-order valence-corrected chi connectivity index (χ4v) is 0.988. The van der Waals surface area contributed by atoms with Crippen LogP contribution in [-0.4, -0.2) is 31.7 Å². The molecule has 0 amide bonds. The fraction of sp³-hybridized carbons (Fsp3) is 0.571. The summed E-state index contributed by atoms with van der Waals surface area (Å²) in [4.78, 5) is 3.76. The number of rotatable bonds is 2. The number of aromatic nitrogens is 3. The first-order chi connectivity index (χ1) is 6.11. The van der Waals surface area contributed by atoms with Crippen molar-refractivity contribution >= 4 is 17.4 Å². The number of oxime groups is 1. The molecule has 0 radical (unpaired) electrons. The molecule has 0 aliphatic rings. The molecule has 0 saturated heterocycles. The summed E-state index contributed by atoms with van der Waals surface area (Å²) in [5, 5.41) is 15.8. The Morgan fingerprint density at radius 3 is 2.77 bits per heavy atom. The van der Waals surface area contributed by atoms with Gasteiger partial charge in [0.15, 0.2) is 5.84 Å². The lowest BCUT2D eigenvalue weighted by atomic mass is 9.95. The van der Waals surface area contributed by atoms with Gasteiger partial charge in [-0.15, -0.1) is 11.6 Å². The summed E-state index contributed by atoms with van der Waals surface area (Å²) in [5.41, 5.74) is -0.440. The van der Waals surface area contributed by atoms with E-state index in [1.54, 1.807) is 0 Å². The van der Waals surface area contributed by atoms with Gasteiger partial charge in [-0.05, 0) is 0 Å². The van der Waals surface area contributed by atoms with Crippen LogP contribution in [0.2, 0.25) is 0 Å². The number of hydrogen-bond acceptors (Lipinski definition) is 4. The van der Waals surface area contributed by atoms with Gasteiger partial charge in [0.05, 0.1) is 0 Å². The molecule has 6 heteroatoms. The lowest BCUT2D eigenvalue weighted by Gasteiger charge is -2.21. The van der Waals surface area contributed by atoms with Gasteiger partial charge in [-0.2, -0.15) is 5.10 Å². The lowest BCUT2D eigenvalue weighted by molar-refractivity contribution is 0.306. The molecule has 13 heavy (non-hydrogen) atoms. The highest BCUT2D eigenvalue weighted by atomic mass is 35.5. The van der Waals surface area contributed by atoms with Crippen LogP contribution in [0.5, 0.6) is 0 Å². The van der Waals surface area contributed by atoms with Crippen molar-refractivity contribution in [3.05, 3.63) is 12.7 Å². The minimum atomic E-state index is -0.440.